The highest BCUT2D eigenvalue weighted by Gasteiger charge is 2.25. The fourth-order valence-corrected chi connectivity index (χ4v) is 2.77. The average molecular weight is 315 g/mol. The highest BCUT2D eigenvalue weighted by atomic mass is 16.7. The first-order valence-corrected chi connectivity index (χ1v) is 7.80. The minimum Gasteiger partial charge on any atom is -0.497 e. The maximum atomic E-state index is 11.4. The fraction of sp³-hybridized carbons (Fsp3) is 0.389. The molecule has 2 aromatic rings. The van der Waals surface area contributed by atoms with E-state index in [0.717, 1.165) is 11.1 Å². The van der Waals surface area contributed by atoms with Crippen LogP contribution in [0.25, 0.3) is 10.8 Å². The number of ether oxygens (including phenoxy) is 3. The Morgan fingerprint density at radius 2 is 2.04 bits per heavy atom. The monoisotopic (exact) mass is 315 g/mol. The molecule has 1 amide bonds. The Labute approximate surface area is 135 Å². The zero-order valence-corrected chi connectivity index (χ0v) is 13.4. The highest BCUT2D eigenvalue weighted by Crippen LogP contribution is 2.30. The number of nitrogens with one attached hydrogen (secondary N) is 1. The lowest BCUT2D eigenvalue weighted by Gasteiger charge is -2.30. The Morgan fingerprint density at radius 1 is 1.26 bits per heavy atom. The molecule has 0 aromatic heterocycles. The third kappa shape index (κ3) is 3.46. The molecule has 0 unspecified atom stereocenters. The summed E-state index contributed by atoms with van der Waals surface area (Å²) < 4.78 is 16.5. The molecule has 23 heavy (non-hydrogen) atoms. The Balaban J connectivity index is 1.76. The van der Waals surface area contributed by atoms with Gasteiger partial charge in [-0.3, -0.25) is 4.79 Å². The summed E-state index contributed by atoms with van der Waals surface area (Å²) >= 11 is 0. The third-order valence-corrected chi connectivity index (χ3v) is 4.06. The van der Waals surface area contributed by atoms with Gasteiger partial charge in [-0.25, -0.2) is 0 Å². The zero-order chi connectivity index (χ0) is 16.2. The van der Waals surface area contributed by atoms with E-state index in [1.54, 1.807) is 14.0 Å². The van der Waals surface area contributed by atoms with E-state index in [1.165, 1.54) is 10.9 Å². The van der Waals surface area contributed by atoms with Gasteiger partial charge in [0.25, 0.3) is 0 Å². The summed E-state index contributed by atoms with van der Waals surface area (Å²) in [7, 11) is 1.67. The summed E-state index contributed by atoms with van der Waals surface area (Å²) in [6, 6.07) is 12.2. The second-order valence-electron chi connectivity index (χ2n) is 5.55. The number of carbonyl (C=O) groups excluding carboxylic acids is 1. The molecule has 1 fully saturated rings. The number of benzene rings is 2. The van der Waals surface area contributed by atoms with E-state index in [9.17, 15) is 4.79 Å². The van der Waals surface area contributed by atoms with Crippen LogP contribution in [0.15, 0.2) is 36.4 Å². The summed E-state index contributed by atoms with van der Waals surface area (Å²) in [5.41, 5.74) is 1.19. The van der Waals surface area contributed by atoms with E-state index < -0.39 is 6.41 Å². The van der Waals surface area contributed by atoms with Gasteiger partial charge in [0.1, 0.15) is 5.75 Å². The minimum atomic E-state index is -0.645. The lowest BCUT2D eigenvalue weighted by molar-refractivity contribution is -0.203. The van der Waals surface area contributed by atoms with Crippen LogP contribution in [-0.2, 0) is 14.3 Å². The number of hydrogen-bond acceptors (Lipinski definition) is 4. The van der Waals surface area contributed by atoms with Gasteiger partial charge in [-0.15, -0.1) is 0 Å². The normalized spacial score (nSPS) is 21.1. The van der Waals surface area contributed by atoms with Crippen LogP contribution in [0.2, 0.25) is 0 Å². The van der Waals surface area contributed by atoms with Gasteiger partial charge in [-0.1, -0.05) is 31.2 Å². The molecule has 122 valence electrons. The standard InChI is InChI=1S/C18H21NO4/c1-3-17(20)19-18-22-10-13(11-23-18)15-6-4-5-12-9-14(21-2)7-8-16(12)15/h4-9,13,18H,3,10-11H2,1-2H3,(H,19,20). The molecule has 5 heteroatoms. The number of carbonyl (C=O) groups is 1. The van der Waals surface area contributed by atoms with Crippen LogP contribution >= 0.6 is 0 Å². The molecule has 0 spiro atoms. The molecule has 2 aromatic carbocycles. The van der Waals surface area contributed by atoms with Crippen molar-refractivity contribution in [2.45, 2.75) is 25.7 Å². The molecule has 1 heterocycles. The predicted molar refractivity (Wildman–Crippen MR) is 87.4 cm³/mol. The van der Waals surface area contributed by atoms with Gasteiger partial charge >= 0.3 is 0 Å². The van der Waals surface area contributed by atoms with Crippen molar-refractivity contribution in [2.24, 2.45) is 0 Å². The molecule has 1 saturated heterocycles. The number of hydrogen-bond donors (Lipinski definition) is 1. The predicted octanol–water partition coefficient (Wildman–Crippen LogP) is 2.79. The molecule has 0 aliphatic carbocycles. The van der Waals surface area contributed by atoms with Crippen molar-refractivity contribution < 1.29 is 19.0 Å². The van der Waals surface area contributed by atoms with Crippen molar-refractivity contribution in [2.75, 3.05) is 20.3 Å². The van der Waals surface area contributed by atoms with Gasteiger partial charge in [0.05, 0.1) is 20.3 Å². The van der Waals surface area contributed by atoms with Crippen molar-refractivity contribution in [3.63, 3.8) is 0 Å². The van der Waals surface area contributed by atoms with Crippen LogP contribution in [0.3, 0.4) is 0 Å². The molecule has 1 aliphatic heterocycles. The molecular weight excluding hydrogens is 294 g/mol. The maximum Gasteiger partial charge on any atom is 0.240 e. The minimum absolute atomic E-state index is 0.0781. The van der Waals surface area contributed by atoms with E-state index in [1.807, 2.05) is 18.2 Å². The Hall–Kier alpha value is -2.11. The van der Waals surface area contributed by atoms with Crippen molar-refractivity contribution in [1.82, 2.24) is 5.32 Å². The quantitative estimate of drug-likeness (QED) is 0.942. The summed E-state index contributed by atoms with van der Waals surface area (Å²) in [5, 5.41) is 4.99. The van der Waals surface area contributed by atoms with Crippen molar-refractivity contribution in [1.29, 1.82) is 0 Å². The van der Waals surface area contributed by atoms with Crippen LogP contribution in [-0.4, -0.2) is 32.6 Å². The lowest BCUT2D eigenvalue weighted by atomic mass is 9.94. The van der Waals surface area contributed by atoms with E-state index in [-0.39, 0.29) is 11.8 Å². The van der Waals surface area contributed by atoms with Crippen molar-refractivity contribution in [3.8, 4) is 5.75 Å². The molecule has 0 atom stereocenters. The largest absolute Gasteiger partial charge is 0.497 e. The maximum absolute atomic E-state index is 11.4. The number of fused-ring (bicyclic) bond motifs is 1. The molecule has 0 saturated carbocycles. The van der Waals surface area contributed by atoms with Crippen LogP contribution in [0.5, 0.6) is 5.75 Å². The molecule has 5 nitrogen and oxygen atoms in total. The third-order valence-electron chi connectivity index (χ3n) is 4.06. The lowest BCUT2D eigenvalue weighted by Crippen LogP contribution is -2.43. The van der Waals surface area contributed by atoms with Crippen LogP contribution < -0.4 is 10.1 Å². The van der Waals surface area contributed by atoms with E-state index in [2.05, 4.69) is 23.5 Å². The van der Waals surface area contributed by atoms with Crippen LogP contribution in [0, 0.1) is 0 Å². The zero-order valence-electron chi connectivity index (χ0n) is 13.4. The van der Waals surface area contributed by atoms with Gasteiger partial charge in [0.2, 0.25) is 12.3 Å². The van der Waals surface area contributed by atoms with Crippen LogP contribution in [0.4, 0.5) is 0 Å². The molecule has 0 bridgehead atoms. The van der Waals surface area contributed by atoms with Crippen LogP contribution in [0.1, 0.15) is 24.8 Å². The molecule has 1 aliphatic rings. The Bertz CT molecular complexity index is 692. The molecule has 0 radical (unpaired) electrons. The van der Waals surface area contributed by atoms with Gasteiger partial charge in [0.15, 0.2) is 0 Å². The van der Waals surface area contributed by atoms with E-state index in [4.69, 9.17) is 14.2 Å². The smallest absolute Gasteiger partial charge is 0.240 e. The van der Waals surface area contributed by atoms with Crippen molar-refractivity contribution >= 4 is 16.7 Å². The topological polar surface area (TPSA) is 56.8 Å². The van der Waals surface area contributed by atoms with Crippen molar-refractivity contribution in [3.05, 3.63) is 42.0 Å². The second-order valence-corrected chi connectivity index (χ2v) is 5.55. The fourth-order valence-electron chi connectivity index (χ4n) is 2.77. The highest BCUT2D eigenvalue weighted by molar-refractivity contribution is 5.87. The number of amides is 1. The van der Waals surface area contributed by atoms with E-state index in [0.29, 0.717) is 19.6 Å². The van der Waals surface area contributed by atoms with E-state index >= 15 is 0 Å². The first-order chi connectivity index (χ1) is 11.2. The average Bonchev–Trinajstić information content (AvgIpc) is 2.61. The molecule has 1 N–H and O–H groups in total. The van der Waals surface area contributed by atoms with Gasteiger partial charge < -0.3 is 19.5 Å². The second kappa shape index (κ2) is 6.98. The first-order valence-electron chi connectivity index (χ1n) is 7.80. The number of rotatable bonds is 4. The first kappa shape index (κ1) is 15.8. The summed E-state index contributed by atoms with van der Waals surface area (Å²) in [5.74, 6) is 0.903. The summed E-state index contributed by atoms with van der Waals surface area (Å²) in [6.45, 7) is 2.82. The summed E-state index contributed by atoms with van der Waals surface area (Å²) in [6.07, 6.45) is -0.230. The molecule has 3 rings (SSSR count). The van der Waals surface area contributed by atoms with Gasteiger partial charge in [0, 0.05) is 12.3 Å². The van der Waals surface area contributed by atoms with Gasteiger partial charge in [-0.05, 0) is 28.5 Å². The Kier molecular flexibility index (Phi) is 4.79. The number of methoxy groups -OCH3 is 1. The summed E-state index contributed by atoms with van der Waals surface area (Å²) in [4.78, 5) is 11.4. The SMILES string of the molecule is CCC(=O)NC1OCC(c2cccc3cc(OC)ccc23)CO1. The van der Waals surface area contributed by atoms with Gasteiger partial charge in [-0.2, -0.15) is 0 Å². The Morgan fingerprint density at radius 3 is 2.74 bits per heavy atom. The molecular formula is C18H21NO4.